The van der Waals surface area contributed by atoms with E-state index in [-0.39, 0.29) is 5.41 Å². The van der Waals surface area contributed by atoms with Gasteiger partial charge in [-0.1, -0.05) is 20.8 Å². The molecule has 0 atom stereocenters. The normalized spacial score (nSPS) is 18.6. The van der Waals surface area contributed by atoms with E-state index in [2.05, 4.69) is 36.4 Å². The van der Waals surface area contributed by atoms with E-state index in [4.69, 9.17) is 4.98 Å². The number of likely N-dealkylation sites (tertiary alicyclic amines) is 1. The van der Waals surface area contributed by atoms with E-state index in [0.29, 0.717) is 0 Å². The van der Waals surface area contributed by atoms with Crippen molar-refractivity contribution in [2.45, 2.75) is 52.0 Å². The summed E-state index contributed by atoms with van der Waals surface area (Å²) in [4.78, 5) is 7.38. The Bertz CT molecular complexity index is 400. The largest absolute Gasteiger partial charge is 0.320 e. The predicted octanol–water partition coefficient (Wildman–Crippen LogP) is 3.26. The van der Waals surface area contributed by atoms with Crippen LogP contribution in [0.1, 0.15) is 50.7 Å². The Morgan fingerprint density at radius 1 is 1.35 bits per heavy atom. The molecule has 4 heteroatoms. The highest BCUT2D eigenvalue weighted by molar-refractivity contribution is 7.09. The van der Waals surface area contributed by atoms with E-state index in [1.54, 1.807) is 0 Å². The highest BCUT2D eigenvalue weighted by atomic mass is 32.1. The van der Waals surface area contributed by atoms with E-state index >= 15 is 0 Å². The van der Waals surface area contributed by atoms with Gasteiger partial charge < -0.3 is 5.32 Å². The third-order valence-electron chi connectivity index (χ3n) is 4.19. The maximum absolute atomic E-state index is 4.81. The summed E-state index contributed by atoms with van der Waals surface area (Å²) in [6, 6.07) is 0. The number of nitrogens with zero attached hydrogens (tertiary/aromatic N) is 2. The van der Waals surface area contributed by atoms with Crippen molar-refractivity contribution in [3.8, 4) is 0 Å². The fraction of sp³-hybridized carbons (Fsp3) is 0.812. The first kappa shape index (κ1) is 15.9. The SMILES string of the molecule is CNCCC1CCN(Cc2nc(C(C)(C)C)cs2)CC1. The molecule has 1 N–H and O–H groups in total. The number of rotatable bonds is 5. The summed E-state index contributed by atoms with van der Waals surface area (Å²) >= 11 is 1.82. The van der Waals surface area contributed by atoms with Crippen LogP contribution in [0.5, 0.6) is 0 Å². The molecular weight excluding hydrogens is 266 g/mol. The number of nitrogens with one attached hydrogen (secondary N) is 1. The molecule has 0 radical (unpaired) electrons. The van der Waals surface area contributed by atoms with Crippen molar-refractivity contribution in [1.82, 2.24) is 15.2 Å². The smallest absolute Gasteiger partial charge is 0.107 e. The molecule has 0 bridgehead atoms. The van der Waals surface area contributed by atoms with E-state index < -0.39 is 0 Å². The van der Waals surface area contributed by atoms with Gasteiger partial charge in [0.05, 0.1) is 12.2 Å². The third kappa shape index (κ3) is 4.54. The van der Waals surface area contributed by atoms with Crippen molar-refractivity contribution >= 4 is 11.3 Å². The van der Waals surface area contributed by atoms with Crippen LogP contribution in [0.25, 0.3) is 0 Å². The standard InChI is InChI=1S/C16H29N3S/c1-16(2,3)14-12-20-15(18-14)11-19-9-6-13(7-10-19)5-8-17-4/h12-13,17H,5-11H2,1-4H3. The van der Waals surface area contributed by atoms with Crippen molar-refractivity contribution in [2.24, 2.45) is 5.92 Å². The molecule has 0 saturated carbocycles. The second kappa shape index (κ2) is 7.01. The van der Waals surface area contributed by atoms with E-state index in [9.17, 15) is 0 Å². The zero-order valence-electron chi connectivity index (χ0n) is 13.4. The molecule has 0 unspecified atom stereocenters. The van der Waals surface area contributed by atoms with Crippen LogP contribution in [0.4, 0.5) is 0 Å². The molecule has 2 rings (SSSR count). The summed E-state index contributed by atoms with van der Waals surface area (Å²) < 4.78 is 0. The van der Waals surface area contributed by atoms with Gasteiger partial charge in [0.25, 0.3) is 0 Å². The molecule has 2 heterocycles. The summed E-state index contributed by atoms with van der Waals surface area (Å²) in [5, 5.41) is 6.77. The lowest BCUT2D eigenvalue weighted by Crippen LogP contribution is -2.34. The van der Waals surface area contributed by atoms with Gasteiger partial charge in [-0.05, 0) is 51.9 Å². The fourth-order valence-corrected chi connectivity index (χ4v) is 3.76. The number of thiazole rings is 1. The van der Waals surface area contributed by atoms with Crippen LogP contribution in [-0.4, -0.2) is 36.6 Å². The molecule has 1 aromatic rings. The highest BCUT2D eigenvalue weighted by Gasteiger charge is 2.21. The Balaban J connectivity index is 1.79. The molecule has 0 amide bonds. The van der Waals surface area contributed by atoms with Gasteiger partial charge in [0.15, 0.2) is 0 Å². The second-order valence-corrected chi connectivity index (χ2v) is 7.93. The third-order valence-corrected chi connectivity index (χ3v) is 5.02. The van der Waals surface area contributed by atoms with Crippen LogP contribution in [0, 0.1) is 5.92 Å². The Hall–Kier alpha value is -0.450. The van der Waals surface area contributed by atoms with E-state index in [0.717, 1.165) is 19.0 Å². The van der Waals surface area contributed by atoms with Gasteiger partial charge in [-0.25, -0.2) is 4.98 Å². The molecule has 1 aliphatic rings. The quantitative estimate of drug-likeness (QED) is 0.903. The lowest BCUT2D eigenvalue weighted by atomic mass is 9.93. The van der Waals surface area contributed by atoms with Gasteiger partial charge in [0.1, 0.15) is 5.01 Å². The first-order valence-corrected chi connectivity index (χ1v) is 8.69. The van der Waals surface area contributed by atoms with Gasteiger partial charge in [0, 0.05) is 10.8 Å². The molecule has 0 aliphatic carbocycles. The van der Waals surface area contributed by atoms with Crippen molar-refractivity contribution in [2.75, 3.05) is 26.7 Å². The van der Waals surface area contributed by atoms with Crippen LogP contribution in [0.2, 0.25) is 0 Å². The molecule has 114 valence electrons. The van der Waals surface area contributed by atoms with Gasteiger partial charge in [0.2, 0.25) is 0 Å². The van der Waals surface area contributed by atoms with Crippen LogP contribution >= 0.6 is 11.3 Å². The summed E-state index contributed by atoms with van der Waals surface area (Å²) in [5.41, 5.74) is 1.41. The molecule has 1 aromatic heterocycles. The van der Waals surface area contributed by atoms with Crippen LogP contribution in [-0.2, 0) is 12.0 Å². The molecule has 20 heavy (non-hydrogen) atoms. The van der Waals surface area contributed by atoms with Crippen LogP contribution in [0.3, 0.4) is 0 Å². The van der Waals surface area contributed by atoms with E-state index in [1.807, 2.05) is 18.4 Å². The molecule has 1 saturated heterocycles. The summed E-state index contributed by atoms with van der Waals surface area (Å²) in [7, 11) is 2.05. The number of hydrogen-bond donors (Lipinski definition) is 1. The monoisotopic (exact) mass is 295 g/mol. The van der Waals surface area contributed by atoms with Gasteiger partial charge >= 0.3 is 0 Å². The minimum absolute atomic E-state index is 0.175. The molecular formula is C16H29N3S. The molecule has 0 spiro atoms. The van der Waals surface area contributed by atoms with E-state index in [1.165, 1.54) is 43.1 Å². The summed E-state index contributed by atoms with van der Waals surface area (Å²) in [6.45, 7) is 11.4. The average molecular weight is 295 g/mol. The Labute approximate surface area is 127 Å². The molecule has 0 aromatic carbocycles. The predicted molar refractivity (Wildman–Crippen MR) is 87.4 cm³/mol. The number of hydrogen-bond acceptors (Lipinski definition) is 4. The summed E-state index contributed by atoms with van der Waals surface area (Å²) in [5.74, 6) is 0.917. The van der Waals surface area contributed by atoms with Gasteiger partial charge in [-0.2, -0.15) is 0 Å². The minimum atomic E-state index is 0.175. The Morgan fingerprint density at radius 3 is 2.60 bits per heavy atom. The zero-order chi connectivity index (χ0) is 14.6. The average Bonchev–Trinajstić information content (AvgIpc) is 2.86. The van der Waals surface area contributed by atoms with Gasteiger partial charge in [-0.15, -0.1) is 11.3 Å². The zero-order valence-corrected chi connectivity index (χ0v) is 14.2. The second-order valence-electron chi connectivity index (χ2n) is 6.99. The first-order chi connectivity index (χ1) is 9.49. The summed E-state index contributed by atoms with van der Waals surface area (Å²) in [6.07, 6.45) is 4.02. The van der Waals surface area contributed by atoms with Gasteiger partial charge in [-0.3, -0.25) is 4.90 Å². The molecule has 3 nitrogen and oxygen atoms in total. The molecule has 1 aliphatic heterocycles. The Morgan fingerprint density at radius 2 is 2.05 bits per heavy atom. The van der Waals surface area contributed by atoms with Crippen molar-refractivity contribution in [3.63, 3.8) is 0 Å². The lowest BCUT2D eigenvalue weighted by molar-refractivity contribution is 0.172. The van der Waals surface area contributed by atoms with Crippen molar-refractivity contribution < 1.29 is 0 Å². The number of aromatic nitrogens is 1. The Kier molecular flexibility index (Phi) is 5.58. The highest BCUT2D eigenvalue weighted by Crippen LogP contribution is 2.26. The first-order valence-electron chi connectivity index (χ1n) is 7.81. The topological polar surface area (TPSA) is 28.2 Å². The number of piperidine rings is 1. The fourth-order valence-electron chi connectivity index (χ4n) is 2.70. The molecule has 1 fully saturated rings. The maximum atomic E-state index is 4.81. The van der Waals surface area contributed by atoms with Crippen LogP contribution < -0.4 is 5.32 Å². The minimum Gasteiger partial charge on any atom is -0.320 e. The maximum Gasteiger partial charge on any atom is 0.107 e. The van der Waals surface area contributed by atoms with Crippen molar-refractivity contribution in [3.05, 3.63) is 16.1 Å². The lowest BCUT2D eigenvalue weighted by Gasteiger charge is -2.31. The van der Waals surface area contributed by atoms with Crippen LogP contribution in [0.15, 0.2) is 5.38 Å². The van der Waals surface area contributed by atoms with Crippen molar-refractivity contribution in [1.29, 1.82) is 0 Å².